The molecule has 0 saturated carbocycles. The van der Waals surface area contributed by atoms with Crippen molar-refractivity contribution < 1.29 is 18.1 Å². The maximum absolute atomic E-state index is 13.3. The summed E-state index contributed by atoms with van der Waals surface area (Å²) >= 11 is 0. The maximum atomic E-state index is 13.3. The summed E-state index contributed by atoms with van der Waals surface area (Å²) in [4.78, 5) is 19.0. The number of para-hydroxylation sites is 1. The maximum Gasteiger partial charge on any atom is 0.418 e. The summed E-state index contributed by atoms with van der Waals surface area (Å²) in [5.41, 5.74) is -2.21. The number of nitro groups is 1. The lowest BCUT2D eigenvalue weighted by Crippen LogP contribution is -2.60. The second-order valence-electron chi connectivity index (χ2n) is 8.99. The first-order valence-corrected chi connectivity index (χ1v) is 9.76. The van der Waals surface area contributed by atoms with Gasteiger partial charge in [-0.3, -0.25) is 10.1 Å². The van der Waals surface area contributed by atoms with Gasteiger partial charge in [0.1, 0.15) is 6.33 Å². The van der Waals surface area contributed by atoms with Gasteiger partial charge in [0.2, 0.25) is 11.6 Å². The number of halogens is 3. The van der Waals surface area contributed by atoms with Gasteiger partial charge in [-0.05, 0) is 52.7 Å². The predicted molar refractivity (Wildman–Crippen MR) is 111 cm³/mol. The van der Waals surface area contributed by atoms with Gasteiger partial charge < -0.3 is 16.0 Å². The fourth-order valence-corrected chi connectivity index (χ4v) is 4.33. The molecule has 0 bridgehead atoms. The van der Waals surface area contributed by atoms with E-state index in [1.54, 1.807) is 0 Å². The number of nitrogens with zero attached hydrogens (tertiary/aromatic N) is 3. The highest BCUT2D eigenvalue weighted by Gasteiger charge is 2.39. The Balaban J connectivity index is 1.96. The molecule has 1 aliphatic rings. The number of alkyl halides is 3. The molecule has 2 heterocycles. The molecular formula is C20H25F3N6O2. The summed E-state index contributed by atoms with van der Waals surface area (Å²) in [6.45, 7) is 8.16. The lowest BCUT2D eigenvalue weighted by atomic mass is 9.79. The smallest absolute Gasteiger partial charge is 0.361 e. The van der Waals surface area contributed by atoms with Crippen molar-refractivity contribution in [3.8, 4) is 0 Å². The quantitative estimate of drug-likeness (QED) is 0.452. The zero-order valence-corrected chi connectivity index (χ0v) is 17.7. The zero-order valence-electron chi connectivity index (χ0n) is 17.7. The van der Waals surface area contributed by atoms with Crippen molar-refractivity contribution in [2.75, 3.05) is 10.6 Å². The van der Waals surface area contributed by atoms with Crippen molar-refractivity contribution in [3.05, 3.63) is 46.3 Å². The summed E-state index contributed by atoms with van der Waals surface area (Å²) in [5, 5.41) is 20.9. The van der Waals surface area contributed by atoms with Gasteiger partial charge in [-0.2, -0.15) is 13.2 Å². The first-order chi connectivity index (χ1) is 14.3. The molecule has 168 valence electrons. The molecule has 1 saturated heterocycles. The van der Waals surface area contributed by atoms with Crippen molar-refractivity contribution in [1.29, 1.82) is 0 Å². The fourth-order valence-electron chi connectivity index (χ4n) is 4.33. The average Bonchev–Trinajstić information content (AvgIpc) is 2.58. The summed E-state index contributed by atoms with van der Waals surface area (Å²) in [5.74, 6) is -0.350. The minimum atomic E-state index is -4.63. The van der Waals surface area contributed by atoms with Gasteiger partial charge in [0.15, 0.2) is 0 Å². The van der Waals surface area contributed by atoms with Gasteiger partial charge >= 0.3 is 11.9 Å². The molecular weight excluding hydrogens is 413 g/mol. The van der Waals surface area contributed by atoms with Crippen LogP contribution in [-0.2, 0) is 6.18 Å². The van der Waals surface area contributed by atoms with E-state index < -0.39 is 22.4 Å². The molecule has 1 aliphatic heterocycles. The first kappa shape index (κ1) is 22.7. The number of benzene rings is 1. The molecule has 3 rings (SSSR count). The molecule has 0 unspecified atom stereocenters. The van der Waals surface area contributed by atoms with Crippen LogP contribution in [0.4, 0.5) is 36.2 Å². The third kappa shape index (κ3) is 5.40. The molecule has 1 aromatic carbocycles. The van der Waals surface area contributed by atoms with E-state index in [1.807, 2.05) is 27.7 Å². The molecule has 1 fully saturated rings. The largest absolute Gasteiger partial charge is 0.418 e. The number of hydrogen-bond acceptors (Lipinski definition) is 7. The van der Waals surface area contributed by atoms with Crippen LogP contribution in [0.1, 0.15) is 46.1 Å². The number of piperidine rings is 1. The van der Waals surface area contributed by atoms with Crippen molar-refractivity contribution in [2.24, 2.45) is 0 Å². The van der Waals surface area contributed by atoms with E-state index >= 15 is 0 Å². The second-order valence-corrected chi connectivity index (χ2v) is 8.99. The Hall–Kier alpha value is -2.95. The molecule has 0 atom stereocenters. The van der Waals surface area contributed by atoms with Crippen LogP contribution in [0.5, 0.6) is 0 Å². The van der Waals surface area contributed by atoms with Gasteiger partial charge in [-0.15, -0.1) is 0 Å². The van der Waals surface area contributed by atoms with Crippen LogP contribution in [-0.4, -0.2) is 32.0 Å². The van der Waals surface area contributed by atoms with E-state index in [-0.39, 0.29) is 34.4 Å². The average molecular weight is 438 g/mol. The fraction of sp³-hybridized carbons (Fsp3) is 0.500. The standard InChI is InChI=1S/C20H25F3N6O2/c1-18(2)9-12(10-19(3,4)28-18)26-16-15(29(30)31)17(25-11-24-16)27-14-8-6-5-7-13(14)20(21,22)23/h5-8,11-12,28H,9-10H2,1-4H3,(H2,24,25,26,27). The van der Waals surface area contributed by atoms with Crippen LogP contribution in [0.15, 0.2) is 30.6 Å². The minimum Gasteiger partial charge on any atom is -0.361 e. The van der Waals surface area contributed by atoms with E-state index in [2.05, 4.69) is 25.9 Å². The molecule has 31 heavy (non-hydrogen) atoms. The van der Waals surface area contributed by atoms with E-state index in [9.17, 15) is 23.3 Å². The second kappa shape index (κ2) is 7.95. The normalized spacial score (nSPS) is 18.4. The molecule has 0 radical (unpaired) electrons. The van der Waals surface area contributed by atoms with Gasteiger partial charge in [-0.1, -0.05) is 12.1 Å². The Morgan fingerprint density at radius 2 is 1.68 bits per heavy atom. The SMILES string of the molecule is CC1(C)CC(Nc2ncnc(Nc3ccccc3C(F)(F)F)c2[N+](=O)[O-])CC(C)(C)N1. The third-order valence-electron chi connectivity index (χ3n) is 5.02. The number of anilines is 3. The van der Waals surface area contributed by atoms with Crippen LogP contribution in [0.3, 0.4) is 0 Å². The van der Waals surface area contributed by atoms with Gasteiger partial charge in [-0.25, -0.2) is 9.97 Å². The van der Waals surface area contributed by atoms with Crippen LogP contribution in [0, 0.1) is 10.1 Å². The molecule has 8 nitrogen and oxygen atoms in total. The molecule has 3 N–H and O–H groups in total. The number of nitrogens with one attached hydrogen (secondary N) is 3. The van der Waals surface area contributed by atoms with Crippen molar-refractivity contribution >= 4 is 23.0 Å². The van der Waals surface area contributed by atoms with Crippen LogP contribution >= 0.6 is 0 Å². The van der Waals surface area contributed by atoms with Gasteiger partial charge in [0.25, 0.3) is 0 Å². The van der Waals surface area contributed by atoms with E-state index in [0.29, 0.717) is 12.8 Å². The highest BCUT2D eigenvalue weighted by Crippen LogP contribution is 2.39. The third-order valence-corrected chi connectivity index (χ3v) is 5.02. The topological polar surface area (TPSA) is 105 Å². The Labute approximate surface area is 177 Å². The van der Waals surface area contributed by atoms with Crippen molar-refractivity contribution in [1.82, 2.24) is 15.3 Å². The Bertz CT molecular complexity index is 962. The van der Waals surface area contributed by atoms with Crippen molar-refractivity contribution in [3.63, 3.8) is 0 Å². The van der Waals surface area contributed by atoms with E-state index in [0.717, 1.165) is 12.4 Å². The summed E-state index contributed by atoms with van der Waals surface area (Å²) in [7, 11) is 0. The molecule has 0 spiro atoms. The number of aromatic nitrogens is 2. The van der Waals surface area contributed by atoms with E-state index in [4.69, 9.17) is 0 Å². The summed E-state index contributed by atoms with van der Waals surface area (Å²) in [6, 6.07) is 4.61. The lowest BCUT2D eigenvalue weighted by molar-refractivity contribution is -0.383. The summed E-state index contributed by atoms with van der Waals surface area (Å²) in [6.07, 6.45) is -2.18. The number of hydrogen-bond donors (Lipinski definition) is 3. The first-order valence-electron chi connectivity index (χ1n) is 9.76. The molecule has 2 aromatic rings. The summed E-state index contributed by atoms with van der Waals surface area (Å²) < 4.78 is 40.0. The molecule has 1 aromatic heterocycles. The highest BCUT2D eigenvalue weighted by atomic mass is 19.4. The van der Waals surface area contributed by atoms with Crippen LogP contribution in [0.2, 0.25) is 0 Å². The number of rotatable bonds is 5. The van der Waals surface area contributed by atoms with Gasteiger partial charge in [0, 0.05) is 17.1 Å². The predicted octanol–water partition coefficient (Wildman–Crippen LogP) is 4.87. The lowest BCUT2D eigenvalue weighted by Gasteiger charge is -2.46. The van der Waals surface area contributed by atoms with Crippen LogP contribution < -0.4 is 16.0 Å². The van der Waals surface area contributed by atoms with Gasteiger partial charge in [0.05, 0.1) is 16.2 Å². The highest BCUT2D eigenvalue weighted by molar-refractivity contribution is 5.75. The Morgan fingerprint density at radius 1 is 1.10 bits per heavy atom. The molecule has 11 heteroatoms. The van der Waals surface area contributed by atoms with Crippen LogP contribution in [0.25, 0.3) is 0 Å². The van der Waals surface area contributed by atoms with E-state index in [1.165, 1.54) is 18.2 Å². The van der Waals surface area contributed by atoms with Crippen molar-refractivity contribution in [2.45, 2.75) is 63.8 Å². The Morgan fingerprint density at radius 3 is 2.26 bits per heavy atom. The zero-order chi connectivity index (χ0) is 23.0. The Kier molecular flexibility index (Phi) is 5.83. The molecule has 0 aliphatic carbocycles. The molecule has 0 amide bonds. The minimum absolute atomic E-state index is 0.0366. The monoisotopic (exact) mass is 438 g/mol.